The quantitative estimate of drug-likeness (QED) is 0.778. The van der Waals surface area contributed by atoms with E-state index in [2.05, 4.69) is 26.6 Å². The second kappa shape index (κ2) is 6.91. The van der Waals surface area contributed by atoms with Crippen molar-refractivity contribution in [2.75, 3.05) is 6.54 Å². The Bertz CT molecular complexity index is 433. The lowest BCUT2D eigenvalue weighted by molar-refractivity contribution is 0.0166. The molecule has 0 heterocycles. The Morgan fingerprint density at radius 3 is 2.68 bits per heavy atom. The molecule has 0 aliphatic rings. The molecular formula is C14H21BrN2O2. The Labute approximate surface area is 122 Å². The zero-order valence-corrected chi connectivity index (χ0v) is 13.1. The molecule has 0 spiro atoms. The molecule has 0 fully saturated rings. The van der Waals surface area contributed by atoms with Crippen molar-refractivity contribution in [3.05, 3.63) is 34.3 Å². The average molecular weight is 329 g/mol. The zero-order valence-electron chi connectivity index (χ0n) is 11.5. The van der Waals surface area contributed by atoms with Crippen LogP contribution < -0.4 is 10.6 Å². The predicted molar refractivity (Wildman–Crippen MR) is 79.8 cm³/mol. The van der Waals surface area contributed by atoms with Gasteiger partial charge < -0.3 is 15.7 Å². The van der Waals surface area contributed by atoms with E-state index < -0.39 is 5.60 Å². The minimum absolute atomic E-state index is 0.0814. The largest absolute Gasteiger partial charge is 0.388 e. The summed E-state index contributed by atoms with van der Waals surface area (Å²) in [4.78, 5) is 11.6. The van der Waals surface area contributed by atoms with Gasteiger partial charge in [-0.15, -0.1) is 0 Å². The molecule has 19 heavy (non-hydrogen) atoms. The van der Waals surface area contributed by atoms with Gasteiger partial charge in [0, 0.05) is 17.6 Å². The molecule has 1 aromatic carbocycles. The van der Waals surface area contributed by atoms with Gasteiger partial charge in [-0.3, -0.25) is 0 Å². The predicted octanol–water partition coefficient (Wildman–Crippen LogP) is 2.66. The molecule has 1 unspecified atom stereocenters. The summed E-state index contributed by atoms with van der Waals surface area (Å²) in [5.41, 5.74) is 0.118. The summed E-state index contributed by atoms with van der Waals surface area (Å²) in [6, 6.07) is 7.46. The van der Waals surface area contributed by atoms with Gasteiger partial charge in [-0.2, -0.15) is 0 Å². The Hall–Kier alpha value is -1.07. The van der Waals surface area contributed by atoms with Crippen LogP contribution >= 0.6 is 15.9 Å². The van der Waals surface area contributed by atoms with E-state index in [0.717, 1.165) is 10.0 Å². The summed E-state index contributed by atoms with van der Waals surface area (Å²) < 4.78 is 0.981. The van der Waals surface area contributed by atoms with Crippen LogP contribution in [0.1, 0.15) is 26.3 Å². The maximum Gasteiger partial charge on any atom is 0.315 e. The Morgan fingerprint density at radius 1 is 1.42 bits per heavy atom. The molecule has 2 amide bonds. The summed E-state index contributed by atoms with van der Waals surface area (Å²) in [6.07, 6.45) is 0. The van der Waals surface area contributed by atoms with Crippen molar-refractivity contribution in [1.82, 2.24) is 10.6 Å². The molecular weight excluding hydrogens is 308 g/mol. The van der Waals surface area contributed by atoms with Crippen LogP contribution in [0.4, 0.5) is 4.79 Å². The third-order valence-electron chi connectivity index (χ3n) is 3.19. The van der Waals surface area contributed by atoms with Crippen LogP contribution in [0.25, 0.3) is 0 Å². The van der Waals surface area contributed by atoms with Gasteiger partial charge >= 0.3 is 6.03 Å². The van der Waals surface area contributed by atoms with E-state index in [9.17, 15) is 9.90 Å². The fraction of sp³-hybridized carbons (Fsp3) is 0.500. The molecule has 3 N–H and O–H groups in total. The molecule has 0 aliphatic carbocycles. The van der Waals surface area contributed by atoms with Crippen LogP contribution in [0.3, 0.4) is 0 Å². The monoisotopic (exact) mass is 328 g/mol. The maximum absolute atomic E-state index is 11.6. The highest BCUT2D eigenvalue weighted by molar-refractivity contribution is 9.10. The molecule has 4 nitrogen and oxygen atoms in total. The Kier molecular flexibility index (Phi) is 5.82. The van der Waals surface area contributed by atoms with E-state index in [1.165, 1.54) is 0 Å². The Morgan fingerprint density at radius 2 is 2.11 bits per heavy atom. The molecule has 0 radical (unpaired) electrons. The SMILES string of the molecule is CC(C)C(C)(O)CNC(=O)NCc1cccc(Br)c1. The molecule has 0 aliphatic heterocycles. The van der Waals surface area contributed by atoms with E-state index in [1.807, 2.05) is 38.1 Å². The van der Waals surface area contributed by atoms with E-state index in [-0.39, 0.29) is 18.5 Å². The summed E-state index contributed by atoms with van der Waals surface area (Å²) in [5, 5.41) is 15.4. The number of nitrogens with one attached hydrogen (secondary N) is 2. The first-order chi connectivity index (χ1) is 8.81. The standard InChI is InChI=1S/C14H21BrN2O2/c1-10(2)14(3,19)9-17-13(18)16-8-11-5-4-6-12(15)7-11/h4-7,10,19H,8-9H2,1-3H3,(H2,16,17,18). The van der Waals surface area contributed by atoms with Crippen LogP contribution in [-0.2, 0) is 6.54 Å². The fourth-order valence-corrected chi connectivity index (χ4v) is 1.80. The lowest BCUT2D eigenvalue weighted by atomic mass is 9.93. The van der Waals surface area contributed by atoms with Gasteiger partial charge in [0.25, 0.3) is 0 Å². The van der Waals surface area contributed by atoms with Crippen LogP contribution in [-0.4, -0.2) is 23.3 Å². The van der Waals surface area contributed by atoms with Gasteiger partial charge in [0.2, 0.25) is 0 Å². The number of carbonyl (C=O) groups excluding carboxylic acids is 1. The first-order valence-corrected chi connectivity index (χ1v) is 7.09. The highest BCUT2D eigenvalue weighted by Gasteiger charge is 2.25. The first kappa shape index (κ1) is 16.0. The maximum atomic E-state index is 11.6. The third-order valence-corrected chi connectivity index (χ3v) is 3.69. The summed E-state index contributed by atoms with van der Waals surface area (Å²) in [7, 11) is 0. The second-order valence-corrected chi connectivity index (χ2v) is 6.09. The number of rotatable bonds is 5. The number of aliphatic hydroxyl groups is 1. The number of amides is 2. The van der Waals surface area contributed by atoms with E-state index in [0.29, 0.717) is 6.54 Å². The summed E-state index contributed by atoms with van der Waals surface area (Å²) >= 11 is 3.38. The van der Waals surface area contributed by atoms with Gasteiger partial charge in [-0.25, -0.2) is 4.79 Å². The topological polar surface area (TPSA) is 61.4 Å². The van der Waals surface area contributed by atoms with Gasteiger partial charge in [-0.1, -0.05) is 41.9 Å². The van der Waals surface area contributed by atoms with E-state index in [4.69, 9.17) is 0 Å². The van der Waals surface area contributed by atoms with Crippen molar-refractivity contribution in [1.29, 1.82) is 0 Å². The highest BCUT2D eigenvalue weighted by atomic mass is 79.9. The van der Waals surface area contributed by atoms with Crippen LogP contribution in [0.2, 0.25) is 0 Å². The average Bonchev–Trinajstić information content (AvgIpc) is 2.34. The second-order valence-electron chi connectivity index (χ2n) is 5.18. The molecule has 1 atom stereocenters. The lowest BCUT2D eigenvalue weighted by Crippen LogP contribution is -2.47. The summed E-state index contributed by atoms with van der Waals surface area (Å²) in [6.45, 7) is 6.23. The highest BCUT2D eigenvalue weighted by Crippen LogP contribution is 2.14. The molecule has 1 rings (SSSR count). The normalized spacial score (nSPS) is 14.0. The molecule has 1 aromatic rings. The number of hydrogen-bond donors (Lipinski definition) is 3. The molecule has 0 bridgehead atoms. The lowest BCUT2D eigenvalue weighted by Gasteiger charge is -2.27. The minimum Gasteiger partial charge on any atom is -0.388 e. The van der Waals surface area contributed by atoms with Crippen molar-refractivity contribution >= 4 is 22.0 Å². The van der Waals surface area contributed by atoms with Gasteiger partial charge in [-0.05, 0) is 30.5 Å². The van der Waals surface area contributed by atoms with Crippen LogP contribution in [0.15, 0.2) is 28.7 Å². The number of halogens is 1. The van der Waals surface area contributed by atoms with E-state index >= 15 is 0 Å². The van der Waals surface area contributed by atoms with Crippen molar-refractivity contribution in [2.24, 2.45) is 5.92 Å². The fourth-order valence-electron chi connectivity index (χ4n) is 1.36. The van der Waals surface area contributed by atoms with E-state index in [1.54, 1.807) is 6.92 Å². The Balaban J connectivity index is 2.36. The molecule has 106 valence electrons. The van der Waals surface area contributed by atoms with Crippen molar-refractivity contribution in [3.8, 4) is 0 Å². The number of urea groups is 1. The summed E-state index contributed by atoms with van der Waals surface area (Å²) in [5.74, 6) is 0.0814. The smallest absolute Gasteiger partial charge is 0.315 e. The number of benzene rings is 1. The molecule has 0 aromatic heterocycles. The van der Waals surface area contributed by atoms with Crippen LogP contribution in [0.5, 0.6) is 0 Å². The zero-order chi connectivity index (χ0) is 14.5. The first-order valence-electron chi connectivity index (χ1n) is 6.30. The molecule has 5 heteroatoms. The van der Waals surface area contributed by atoms with Crippen molar-refractivity contribution < 1.29 is 9.90 Å². The minimum atomic E-state index is -0.896. The third kappa shape index (κ3) is 5.61. The van der Waals surface area contributed by atoms with Crippen LogP contribution in [0, 0.1) is 5.92 Å². The van der Waals surface area contributed by atoms with Gasteiger partial charge in [0.1, 0.15) is 0 Å². The van der Waals surface area contributed by atoms with Gasteiger partial charge in [0.15, 0.2) is 0 Å². The number of hydrogen-bond acceptors (Lipinski definition) is 2. The van der Waals surface area contributed by atoms with Gasteiger partial charge in [0.05, 0.1) is 5.60 Å². The molecule has 0 saturated carbocycles. The van der Waals surface area contributed by atoms with Crippen molar-refractivity contribution in [3.63, 3.8) is 0 Å². The number of carbonyl (C=O) groups is 1. The van der Waals surface area contributed by atoms with Crippen molar-refractivity contribution in [2.45, 2.75) is 32.9 Å². The molecule has 0 saturated heterocycles.